The molecule has 4 aromatic rings. The summed E-state index contributed by atoms with van der Waals surface area (Å²) in [5.41, 5.74) is 3.28. The second kappa shape index (κ2) is 5.42. The van der Waals surface area contributed by atoms with Crippen LogP contribution in [0.1, 0.15) is 15.9 Å². The van der Waals surface area contributed by atoms with E-state index in [2.05, 4.69) is 20.1 Å². The van der Waals surface area contributed by atoms with Gasteiger partial charge < -0.3 is 0 Å². The molecular weight excluding hydrogens is 290 g/mol. The van der Waals surface area contributed by atoms with E-state index < -0.39 is 0 Å². The van der Waals surface area contributed by atoms with E-state index in [-0.39, 0.29) is 5.78 Å². The highest BCUT2D eigenvalue weighted by atomic mass is 16.1. The summed E-state index contributed by atoms with van der Waals surface area (Å²) in [6.07, 6.45) is 9.86. The van der Waals surface area contributed by atoms with Gasteiger partial charge in [-0.05, 0) is 30.3 Å². The molecule has 23 heavy (non-hydrogen) atoms. The van der Waals surface area contributed by atoms with Crippen molar-refractivity contribution in [3.8, 4) is 11.3 Å². The summed E-state index contributed by atoms with van der Waals surface area (Å²) in [7, 11) is 0. The summed E-state index contributed by atoms with van der Waals surface area (Å²) in [5.74, 6) is -0.127. The quantitative estimate of drug-likeness (QED) is 0.543. The maximum Gasteiger partial charge on any atom is 0.198 e. The SMILES string of the molecule is O=C(c1ccncc1)c1cnn2c(-c3cccnc3)ccnc12. The molecule has 0 bridgehead atoms. The molecule has 0 aliphatic carbocycles. The number of carbonyl (C=O) groups is 1. The smallest absolute Gasteiger partial charge is 0.198 e. The third kappa shape index (κ3) is 2.26. The van der Waals surface area contributed by atoms with Gasteiger partial charge in [0.05, 0.1) is 17.5 Å². The lowest BCUT2D eigenvalue weighted by molar-refractivity contribution is 0.104. The highest BCUT2D eigenvalue weighted by molar-refractivity contribution is 6.12. The lowest BCUT2D eigenvalue weighted by Crippen LogP contribution is -2.02. The van der Waals surface area contributed by atoms with Gasteiger partial charge in [0.2, 0.25) is 0 Å². The lowest BCUT2D eigenvalue weighted by atomic mass is 10.1. The van der Waals surface area contributed by atoms with Crippen molar-refractivity contribution in [1.29, 1.82) is 0 Å². The van der Waals surface area contributed by atoms with E-state index >= 15 is 0 Å². The maximum absolute atomic E-state index is 12.6. The van der Waals surface area contributed by atoms with Crippen LogP contribution >= 0.6 is 0 Å². The van der Waals surface area contributed by atoms with Gasteiger partial charge in [-0.1, -0.05) is 0 Å². The third-order valence-corrected chi connectivity index (χ3v) is 3.55. The van der Waals surface area contributed by atoms with Crippen molar-refractivity contribution in [2.75, 3.05) is 0 Å². The van der Waals surface area contributed by atoms with Crippen LogP contribution in [0.4, 0.5) is 0 Å². The Balaban J connectivity index is 1.87. The van der Waals surface area contributed by atoms with Crippen LogP contribution in [0.5, 0.6) is 0 Å². The maximum atomic E-state index is 12.6. The number of hydrogen-bond acceptors (Lipinski definition) is 5. The molecule has 4 aromatic heterocycles. The minimum Gasteiger partial charge on any atom is -0.288 e. The molecule has 0 aliphatic rings. The van der Waals surface area contributed by atoms with Crippen molar-refractivity contribution >= 4 is 11.4 Å². The molecule has 0 aromatic carbocycles. The van der Waals surface area contributed by atoms with Gasteiger partial charge in [0.25, 0.3) is 0 Å². The summed E-state index contributed by atoms with van der Waals surface area (Å²) in [5, 5.41) is 4.33. The predicted octanol–water partition coefficient (Wildman–Crippen LogP) is 2.42. The average Bonchev–Trinajstić information content (AvgIpc) is 3.06. The second-order valence-corrected chi connectivity index (χ2v) is 4.93. The first-order valence-corrected chi connectivity index (χ1v) is 7.02. The molecule has 4 rings (SSSR count). The fraction of sp³-hybridized carbons (Fsp3) is 0. The van der Waals surface area contributed by atoms with Gasteiger partial charge >= 0.3 is 0 Å². The summed E-state index contributed by atoms with van der Waals surface area (Å²) < 4.78 is 1.66. The van der Waals surface area contributed by atoms with Crippen molar-refractivity contribution in [2.24, 2.45) is 0 Å². The fourth-order valence-electron chi connectivity index (χ4n) is 2.44. The van der Waals surface area contributed by atoms with Crippen molar-refractivity contribution < 1.29 is 4.79 Å². The van der Waals surface area contributed by atoms with Crippen LogP contribution in [-0.2, 0) is 0 Å². The van der Waals surface area contributed by atoms with Crippen LogP contribution in [0.15, 0.2) is 67.5 Å². The van der Waals surface area contributed by atoms with Crippen LogP contribution in [-0.4, -0.2) is 30.3 Å². The van der Waals surface area contributed by atoms with E-state index in [1.807, 2.05) is 18.2 Å². The molecule has 0 saturated heterocycles. The number of fused-ring (bicyclic) bond motifs is 1. The molecule has 6 heteroatoms. The summed E-state index contributed by atoms with van der Waals surface area (Å²) >= 11 is 0. The van der Waals surface area contributed by atoms with Gasteiger partial charge in [-0.25, -0.2) is 9.50 Å². The van der Waals surface area contributed by atoms with Crippen LogP contribution in [0, 0.1) is 0 Å². The highest BCUT2D eigenvalue weighted by Gasteiger charge is 2.17. The molecule has 0 saturated carbocycles. The molecule has 0 fully saturated rings. The van der Waals surface area contributed by atoms with Gasteiger partial charge in [0.15, 0.2) is 11.4 Å². The number of pyridine rings is 2. The Kier molecular flexibility index (Phi) is 3.12. The van der Waals surface area contributed by atoms with Crippen molar-refractivity contribution in [2.45, 2.75) is 0 Å². The molecule has 0 amide bonds. The van der Waals surface area contributed by atoms with Crippen LogP contribution < -0.4 is 0 Å². The van der Waals surface area contributed by atoms with E-state index in [1.165, 1.54) is 0 Å². The van der Waals surface area contributed by atoms with Crippen LogP contribution in [0.2, 0.25) is 0 Å². The monoisotopic (exact) mass is 301 g/mol. The molecule has 0 radical (unpaired) electrons. The Morgan fingerprint density at radius 1 is 0.913 bits per heavy atom. The molecule has 110 valence electrons. The zero-order valence-corrected chi connectivity index (χ0v) is 12.0. The van der Waals surface area contributed by atoms with Gasteiger partial charge in [-0.15, -0.1) is 0 Å². The predicted molar refractivity (Wildman–Crippen MR) is 83.9 cm³/mol. The van der Waals surface area contributed by atoms with E-state index in [4.69, 9.17) is 0 Å². The number of ketones is 1. The van der Waals surface area contributed by atoms with E-state index in [1.54, 1.807) is 53.8 Å². The number of hydrogen-bond donors (Lipinski definition) is 0. The Morgan fingerprint density at radius 2 is 1.78 bits per heavy atom. The van der Waals surface area contributed by atoms with Crippen molar-refractivity contribution in [3.05, 3.63) is 78.6 Å². The topological polar surface area (TPSA) is 73.0 Å². The summed E-state index contributed by atoms with van der Waals surface area (Å²) in [4.78, 5) is 25.0. The number of nitrogens with zero attached hydrogens (tertiary/aromatic N) is 5. The Labute approximate surface area is 131 Å². The first kappa shape index (κ1) is 13.3. The third-order valence-electron chi connectivity index (χ3n) is 3.55. The van der Waals surface area contributed by atoms with Crippen molar-refractivity contribution in [1.82, 2.24) is 24.6 Å². The second-order valence-electron chi connectivity index (χ2n) is 4.93. The fourth-order valence-corrected chi connectivity index (χ4v) is 2.44. The van der Waals surface area contributed by atoms with E-state index in [0.29, 0.717) is 16.8 Å². The van der Waals surface area contributed by atoms with Gasteiger partial charge in [-0.3, -0.25) is 14.8 Å². The first-order chi connectivity index (χ1) is 11.3. The van der Waals surface area contributed by atoms with Crippen LogP contribution in [0.3, 0.4) is 0 Å². The van der Waals surface area contributed by atoms with Gasteiger partial charge in [0, 0.05) is 42.1 Å². The minimum atomic E-state index is -0.127. The van der Waals surface area contributed by atoms with E-state index in [0.717, 1.165) is 11.3 Å². The molecule has 0 N–H and O–H groups in total. The van der Waals surface area contributed by atoms with Crippen molar-refractivity contribution in [3.63, 3.8) is 0 Å². The normalized spacial score (nSPS) is 10.8. The molecule has 0 aliphatic heterocycles. The van der Waals surface area contributed by atoms with Gasteiger partial charge in [0.1, 0.15) is 0 Å². The number of aromatic nitrogens is 5. The Hall–Kier alpha value is -3.41. The zero-order chi connectivity index (χ0) is 15.6. The Morgan fingerprint density at radius 3 is 2.57 bits per heavy atom. The van der Waals surface area contributed by atoms with E-state index in [9.17, 15) is 4.79 Å². The highest BCUT2D eigenvalue weighted by Crippen LogP contribution is 2.21. The average molecular weight is 301 g/mol. The first-order valence-electron chi connectivity index (χ1n) is 7.02. The van der Waals surface area contributed by atoms with Gasteiger partial charge in [-0.2, -0.15) is 5.10 Å². The summed E-state index contributed by atoms with van der Waals surface area (Å²) in [6, 6.07) is 8.99. The molecule has 6 nitrogen and oxygen atoms in total. The number of rotatable bonds is 3. The zero-order valence-electron chi connectivity index (χ0n) is 12.0. The largest absolute Gasteiger partial charge is 0.288 e. The molecule has 0 atom stereocenters. The molecule has 4 heterocycles. The molecular formula is C17H11N5O. The standard InChI is InChI=1S/C17H11N5O/c23-16(12-3-7-18-8-4-12)14-11-21-22-15(5-9-20-17(14)22)13-2-1-6-19-10-13/h1-11H. The van der Waals surface area contributed by atoms with Crippen LogP contribution in [0.25, 0.3) is 16.9 Å². The Bertz CT molecular complexity index is 980. The molecule has 0 unspecified atom stereocenters. The molecule has 0 spiro atoms. The lowest BCUT2D eigenvalue weighted by Gasteiger charge is -2.04. The summed E-state index contributed by atoms with van der Waals surface area (Å²) in [6.45, 7) is 0. The number of carbonyl (C=O) groups excluding carboxylic acids is 1. The minimum absolute atomic E-state index is 0.127.